The largest absolute Gasteiger partial charge is 0.372 e. The van der Waals surface area contributed by atoms with Gasteiger partial charge in [0.1, 0.15) is 0 Å². The lowest BCUT2D eigenvalue weighted by Crippen LogP contribution is -2.42. The highest BCUT2D eigenvalue weighted by molar-refractivity contribution is 5.78. The van der Waals surface area contributed by atoms with Crippen LogP contribution in [0.4, 0.5) is 0 Å². The van der Waals surface area contributed by atoms with E-state index in [2.05, 4.69) is 19.9 Å². The van der Waals surface area contributed by atoms with Crippen molar-refractivity contribution in [1.29, 1.82) is 0 Å². The molecular formula is C13H17NO2. The molecule has 1 aliphatic rings. The SMILES string of the molecule is CC(C)c1ccccc1C1OCC1C(N)=O. The average Bonchev–Trinajstić information content (AvgIpc) is 2.15. The van der Waals surface area contributed by atoms with Gasteiger partial charge in [0.15, 0.2) is 0 Å². The van der Waals surface area contributed by atoms with Crippen LogP contribution in [0.3, 0.4) is 0 Å². The summed E-state index contributed by atoms with van der Waals surface area (Å²) in [5.41, 5.74) is 7.67. The minimum Gasteiger partial charge on any atom is -0.372 e. The minimum absolute atomic E-state index is 0.143. The maximum Gasteiger partial charge on any atom is 0.225 e. The second-order valence-corrected chi connectivity index (χ2v) is 4.55. The molecule has 0 spiro atoms. The number of hydrogen-bond donors (Lipinski definition) is 1. The van der Waals surface area contributed by atoms with Crippen molar-refractivity contribution in [3.8, 4) is 0 Å². The Kier molecular flexibility index (Phi) is 2.97. The lowest BCUT2D eigenvalue weighted by atomic mass is 9.85. The van der Waals surface area contributed by atoms with Gasteiger partial charge in [-0.15, -0.1) is 0 Å². The Labute approximate surface area is 95.6 Å². The molecule has 0 bridgehead atoms. The molecule has 2 unspecified atom stereocenters. The second-order valence-electron chi connectivity index (χ2n) is 4.55. The Morgan fingerprint density at radius 3 is 2.62 bits per heavy atom. The molecule has 0 radical (unpaired) electrons. The summed E-state index contributed by atoms with van der Waals surface area (Å²) in [7, 11) is 0. The Morgan fingerprint density at radius 1 is 1.44 bits per heavy atom. The van der Waals surface area contributed by atoms with Crippen molar-refractivity contribution in [2.45, 2.75) is 25.9 Å². The van der Waals surface area contributed by atoms with Crippen molar-refractivity contribution >= 4 is 5.91 Å². The topological polar surface area (TPSA) is 52.3 Å². The van der Waals surface area contributed by atoms with Crippen molar-refractivity contribution in [1.82, 2.24) is 0 Å². The van der Waals surface area contributed by atoms with E-state index in [-0.39, 0.29) is 17.9 Å². The first kappa shape index (κ1) is 11.1. The third-order valence-electron chi connectivity index (χ3n) is 3.11. The van der Waals surface area contributed by atoms with Crippen LogP contribution < -0.4 is 5.73 Å². The van der Waals surface area contributed by atoms with E-state index >= 15 is 0 Å². The predicted octanol–water partition coefficient (Wildman–Crippen LogP) is 1.98. The molecule has 86 valence electrons. The number of nitrogens with two attached hydrogens (primary N) is 1. The van der Waals surface area contributed by atoms with Crippen LogP contribution in [0.2, 0.25) is 0 Å². The zero-order valence-corrected chi connectivity index (χ0v) is 9.64. The lowest BCUT2D eigenvalue weighted by Gasteiger charge is -2.36. The molecule has 0 aromatic heterocycles. The number of primary amides is 1. The molecule has 1 aromatic rings. The zero-order chi connectivity index (χ0) is 11.7. The van der Waals surface area contributed by atoms with Gasteiger partial charge in [-0.25, -0.2) is 0 Å². The van der Waals surface area contributed by atoms with E-state index < -0.39 is 0 Å². The van der Waals surface area contributed by atoms with Crippen molar-refractivity contribution in [3.05, 3.63) is 35.4 Å². The van der Waals surface area contributed by atoms with E-state index in [1.807, 2.05) is 18.2 Å². The number of amides is 1. The van der Waals surface area contributed by atoms with E-state index in [0.717, 1.165) is 5.56 Å². The van der Waals surface area contributed by atoms with Gasteiger partial charge in [-0.05, 0) is 17.0 Å². The number of carbonyl (C=O) groups excluding carboxylic acids is 1. The number of rotatable bonds is 3. The molecule has 0 aliphatic carbocycles. The van der Waals surface area contributed by atoms with Crippen LogP contribution in [0.25, 0.3) is 0 Å². The quantitative estimate of drug-likeness (QED) is 0.845. The van der Waals surface area contributed by atoms with E-state index in [0.29, 0.717) is 12.5 Å². The van der Waals surface area contributed by atoms with Gasteiger partial charge < -0.3 is 10.5 Å². The fourth-order valence-corrected chi connectivity index (χ4v) is 2.12. The molecule has 2 N–H and O–H groups in total. The Balaban J connectivity index is 2.30. The second kappa shape index (κ2) is 4.26. The molecule has 16 heavy (non-hydrogen) atoms. The average molecular weight is 219 g/mol. The molecule has 1 aliphatic heterocycles. The van der Waals surface area contributed by atoms with E-state index in [9.17, 15) is 4.79 Å². The fourth-order valence-electron chi connectivity index (χ4n) is 2.12. The molecule has 0 saturated carbocycles. The Morgan fingerprint density at radius 2 is 2.12 bits per heavy atom. The summed E-state index contributed by atoms with van der Waals surface area (Å²) in [5, 5.41) is 0. The van der Waals surface area contributed by atoms with Crippen LogP contribution in [-0.2, 0) is 9.53 Å². The standard InChI is InChI=1S/C13H17NO2/c1-8(2)9-5-3-4-6-10(9)12-11(7-16-12)13(14)15/h3-6,8,11-12H,7H2,1-2H3,(H2,14,15). The van der Waals surface area contributed by atoms with E-state index in [1.165, 1.54) is 5.56 Å². The highest BCUT2D eigenvalue weighted by atomic mass is 16.5. The monoisotopic (exact) mass is 219 g/mol. The van der Waals surface area contributed by atoms with Gasteiger partial charge in [0, 0.05) is 0 Å². The van der Waals surface area contributed by atoms with Crippen molar-refractivity contribution in [2.75, 3.05) is 6.61 Å². The number of hydrogen-bond acceptors (Lipinski definition) is 2. The van der Waals surface area contributed by atoms with Crippen LogP contribution in [0.5, 0.6) is 0 Å². The van der Waals surface area contributed by atoms with E-state index in [4.69, 9.17) is 10.5 Å². The maximum atomic E-state index is 11.2. The van der Waals surface area contributed by atoms with Crippen LogP contribution in [0, 0.1) is 5.92 Å². The number of benzene rings is 1. The first-order valence-corrected chi connectivity index (χ1v) is 5.61. The van der Waals surface area contributed by atoms with Crippen molar-refractivity contribution in [2.24, 2.45) is 11.7 Å². The Bertz CT molecular complexity index is 401. The van der Waals surface area contributed by atoms with Gasteiger partial charge in [0.2, 0.25) is 5.91 Å². The lowest BCUT2D eigenvalue weighted by molar-refractivity contribution is -0.154. The van der Waals surface area contributed by atoms with Crippen molar-refractivity contribution in [3.63, 3.8) is 0 Å². The van der Waals surface area contributed by atoms with Gasteiger partial charge >= 0.3 is 0 Å². The normalized spacial score (nSPS) is 24.2. The summed E-state index contributed by atoms with van der Waals surface area (Å²) in [5.74, 6) is -0.0105. The summed E-state index contributed by atoms with van der Waals surface area (Å²) < 4.78 is 5.48. The van der Waals surface area contributed by atoms with Gasteiger partial charge in [-0.3, -0.25) is 4.79 Å². The number of carbonyl (C=O) groups is 1. The van der Waals surface area contributed by atoms with Crippen LogP contribution in [-0.4, -0.2) is 12.5 Å². The summed E-state index contributed by atoms with van der Waals surface area (Å²) in [4.78, 5) is 11.2. The third kappa shape index (κ3) is 1.83. The van der Waals surface area contributed by atoms with Crippen LogP contribution in [0.1, 0.15) is 37.0 Å². The third-order valence-corrected chi connectivity index (χ3v) is 3.11. The fraction of sp³-hybridized carbons (Fsp3) is 0.462. The van der Waals surface area contributed by atoms with E-state index in [1.54, 1.807) is 0 Å². The maximum absolute atomic E-state index is 11.2. The molecule has 1 fully saturated rings. The number of ether oxygens (including phenoxy) is 1. The smallest absolute Gasteiger partial charge is 0.225 e. The van der Waals surface area contributed by atoms with Gasteiger partial charge in [0.05, 0.1) is 18.6 Å². The van der Waals surface area contributed by atoms with Gasteiger partial charge in [-0.2, -0.15) is 0 Å². The molecule has 2 atom stereocenters. The molecular weight excluding hydrogens is 202 g/mol. The van der Waals surface area contributed by atoms with Crippen LogP contribution >= 0.6 is 0 Å². The predicted molar refractivity (Wildman–Crippen MR) is 61.9 cm³/mol. The molecule has 1 amide bonds. The van der Waals surface area contributed by atoms with Gasteiger partial charge in [0.25, 0.3) is 0 Å². The molecule has 1 heterocycles. The first-order chi connectivity index (χ1) is 7.61. The summed E-state index contributed by atoms with van der Waals surface area (Å²) in [6.07, 6.45) is -0.143. The molecule has 1 aromatic carbocycles. The minimum atomic E-state index is -0.269. The molecule has 3 heteroatoms. The van der Waals surface area contributed by atoms with Crippen molar-refractivity contribution < 1.29 is 9.53 Å². The van der Waals surface area contributed by atoms with Crippen LogP contribution in [0.15, 0.2) is 24.3 Å². The molecule has 2 rings (SSSR count). The first-order valence-electron chi connectivity index (χ1n) is 5.61. The highest BCUT2D eigenvalue weighted by Crippen LogP contribution is 2.38. The molecule has 1 saturated heterocycles. The summed E-state index contributed by atoms with van der Waals surface area (Å²) in [6.45, 7) is 4.72. The van der Waals surface area contributed by atoms with Gasteiger partial charge in [-0.1, -0.05) is 38.1 Å². The summed E-state index contributed by atoms with van der Waals surface area (Å²) >= 11 is 0. The Hall–Kier alpha value is -1.35. The zero-order valence-electron chi connectivity index (χ0n) is 9.64. The summed E-state index contributed by atoms with van der Waals surface area (Å²) in [6, 6.07) is 8.09. The highest BCUT2D eigenvalue weighted by Gasteiger charge is 2.38. The molecule has 3 nitrogen and oxygen atoms in total.